The fraction of sp³-hybridized carbons (Fsp3) is 0.643. The molecule has 2 aliphatic heterocycles. The van der Waals surface area contributed by atoms with Crippen LogP contribution in [-0.2, 0) is 21.4 Å². The molecule has 1 aliphatic carbocycles. The first-order valence-electron chi connectivity index (χ1n) is 8.02. The highest BCUT2D eigenvalue weighted by Gasteiger charge is 2.47. The largest absolute Gasteiger partial charge is 0.356 e. The smallest absolute Gasteiger partial charge is 0.274 e. The number of carbonyl (C=O) groups is 1. The number of nitrogens with two attached hydrogens (primary N) is 1. The normalized spacial score (nSPS) is 22.1. The third-order valence-electron chi connectivity index (χ3n) is 5.33. The minimum Gasteiger partial charge on any atom is -0.356 e. The molecule has 1 amide bonds. The van der Waals surface area contributed by atoms with Gasteiger partial charge in [0.15, 0.2) is 0 Å². The van der Waals surface area contributed by atoms with Crippen molar-refractivity contribution in [2.45, 2.75) is 38.1 Å². The van der Waals surface area contributed by atoms with Crippen molar-refractivity contribution in [3.8, 4) is 0 Å². The van der Waals surface area contributed by atoms with E-state index in [2.05, 4.69) is 24.9 Å². The van der Waals surface area contributed by atoms with Crippen LogP contribution in [0.25, 0.3) is 0 Å². The van der Waals surface area contributed by atoms with Crippen LogP contribution in [0.4, 0.5) is 11.6 Å². The van der Waals surface area contributed by atoms with Gasteiger partial charge in [0.25, 0.3) is 10.2 Å². The molecule has 0 radical (unpaired) electrons. The Morgan fingerprint density at radius 1 is 1.28 bits per heavy atom. The van der Waals surface area contributed by atoms with Crippen molar-refractivity contribution >= 4 is 40.2 Å². The fourth-order valence-electron chi connectivity index (χ4n) is 4.19. The number of amides is 1. The molecule has 1 aromatic rings. The lowest BCUT2D eigenvalue weighted by atomic mass is 9.60. The summed E-state index contributed by atoms with van der Waals surface area (Å²) in [6, 6.07) is -0.0448. The van der Waals surface area contributed by atoms with Crippen molar-refractivity contribution in [2.75, 3.05) is 23.3 Å². The maximum absolute atomic E-state index is 11.6. The molecule has 2 fully saturated rings. The minimum atomic E-state index is -3.62. The van der Waals surface area contributed by atoms with Gasteiger partial charge in [-0.25, -0.2) is 15.1 Å². The Kier molecular flexibility index (Phi) is 4.65. The maximum atomic E-state index is 11.6. The van der Waals surface area contributed by atoms with Crippen LogP contribution in [0.5, 0.6) is 0 Å². The highest BCUT2D eigenvalue weighted by atomic mass is 35.5. The van der Waals surface area contributed by atoms with Crippen molar-refractivity contribution in [3.05, 3.63) is 11.9 Å². The second kappa shape index (κ2) is 6.35. The van der Waals surface area contributed by atoms with Gasteiger partial charge in [0.05, 0.1) is 6.42 Å². The van der Waals surface area contributed by atoms with Gasteiger partial charge in [-0.3, -0.25) is 4.79 Å². The Balaban J connectivity index is 0.00000182. The van der Waals surface area contributed by atoms with E-state index in [0.717, 1.165) is 50.2 Å². The van der Waals surface area contributed by atoms with E-state index >= 15 is 0 Å². The number of rotatable bonds is 3. The van der Waals surface area contributed by atoms with Gasteiger partial charge < -0.3 is 10.2 Å². The fourth-order valence-corrected chi connectivity index (χ4v) is 4.82. The quantitative estimate of drug-likeness (QED) is 0.664. The van der Waals surface area contributed by atoms with Crippen LogP contribution in [0.15, 0.2) is 6.33 Å². The number of piperidine rings is 1. The molecule has 4 rings (SSSR count). The minimum absolute atomic E-state index is 0. The van der Waals surface area contributed by atoms with E-state index in [-0.39, 0.29) is 29.8 Å². The SMILES string of the molecule is Cl.NS(=O)(=O)NC1CC2(CCN(c3ncnc4c3CC(=O)N4)CC2)C1. The number of nitrogens with one attached hydrogen (secondary N) is 2. The molecule has 3 heterocycles. The summed E-state index contributed by atoms with van der Waals surface area (Å²) < 4.78 is 24.7. The Labute approximate surface area is 152 Å². The van der Waals surface area contributed by atoms with E-state index in [1.807, 2.05) is 0 Å². The van der Waals surface area contributed by atoms with Crippen LogP contribution < -0.4 is 20.1 Å². The van der Waals surface area contributed by atoms with Crippen molar-refractivity contribution in [1.29, 1.82) is 0 Å². The summed E-state index contributed by atoms with van der Waals surface area (Å²) in [4.78, 5) is 22.3. The molecule has 0 bridgehead atoms. The number of hydrogen-bond acceptors (Lipinski definition) is 6. The molecule has 1 saturated carbocycles. The van der Waals surface area contributed by atoms with E-state index in [9.17, 15) is 13.2 Å². The molecule has 11 heteroatoms. The topological polar surface area (TPSA) is 130 Å². The Bertz CT molecular complexity index is 786. The number of halogens is 1. The lowest BCUT2D eigenvalue weighted by molar-refractivity contribution is -0.115. The molecule has 4 N–H and O–H groups in total. The van der Waals surface area contributed by atoms with Gasteiger partial charge in [0, 0.05) is 24.7 Å². The van der Waals surface area contributed by atoms with Gasteiger partial charge in [-0.1, -0.05) is 0 Å². The lowest BCUT2D eigenvalue weighted by Crippen LogP contribution is -2.56. The van der Waals surface area contributed by atoms with Crippen LogP contribution in [0, 0.1) is 5.41 Å². The zero-order valence-corrected chi connectivity index (χ0v) is 15.2. The summed E-state index contributed by atoms with van der Waals surface area (Å²) in [5.41, 5.74) is 1.07. The van der Waals surface area contributed by atoms with Gasteiger partial charge in [-0.15, -0.1) is 12.4 Å². The van der Waals surface area contributed by atoms with Crippen LogP contribution in [0.2, 0.25) is 0 Å². The summed E-state index contributed by atoms with van der Waals surface area (Å²) in [6.45, 7) is 1.69. The second-order valence-electron chi connectivity index (χ2n) is 7.00. The average molecular weight is 389 g/mol. The number of carbonyl (C=O) groups excluding carboxylic acids is 1. The highest BCUT2D eigenvalue weighted by Crippen LogP contribution is 2.49. The lowest BCUT2D eigenvalue weighted by Gasteiger charge is -2.52. The third-order valence-corrected chi connectivity index (χ3v) is 5.99. The number of anilines is 2. The monoisotopic (exact) mass is 388 g/mol. The van der Waals surface area contributed by atoms with Crippen LogP contribution >= 0.6 is 12.4 Å². The first kappa shape index (κ1) is 18.3. The standard InChI is InChI=1S/C14H20N6O3S.ClH/c15-24(22,23)19-9-6-14(7-9)1-3-20(4-2-14)13-10-5-11(21)18-12(10)16-8-17-13;/h8-9,19H,1-7H2,(H2,15,22,23)(H,16,17,18,21);1H. The number of fused-ring (bicyclic) bond motifs is 1. The molecule has 1 saturated heterocycles. The second-order valence-corrected chi connectivity index (χ2v) is 8.33. The number of hydrogen-bond donors (Lipinski definition) is 3. The molecule has 0 aromatic carbocycles. The van der Waals surface area contributed by atoms with Crippen LogP contribution in [0.3, 0.4) is 0 Å². The Morgan fingerprint density at radius 3 is 2.60 bits per heavy atom. The van der Waals surface area contributed by atoms with Gasteiger partial charge in [0.2, 0.25) is 5.91 Å². The van der Waals surface area contributed by atoms with E-state index in [0.29, 0.717) is 12.2 Å². The molecule has 0 unspecified atom stereocenters. The highest BCUT2D eigenvalue weighted by molar-refractivity contribution is 7.87. The summed E-state index contributed by atoms with van der Waals surface area (Å²) in [7, 11) is -3.62. The summed E-state index contributed by atoms with van der Waals surface area (Å²) in [5, 5.41) is 7.78. The van der Waals surface area contributed by atoms with Gasteiger partial charge in [-0.05, 0) is 31.1 Å². The first-order valence-corrected chi connectivity index (χ1v) is 9.57. The Hall–Kier alpha value is -1.49. The third kappa shape index (κ3) is 3.57. The van der Waals surface area contributed by atoms with Crippen molar-refractivity contribution in [1.82, 2.24) is 14.7 Å². The first-order chi connectivity index (χ1) is 11.3. The average Bonchev–Trinajstić information content (AvgIpc) is 2.85. The molecule has 9 nitrogen and oxygen atoms in total. The van der Waals surface area contributed by atoms with Crippen molar-refractivity contribution in [2.24, 2.45) is 10.6 Å². The molecule has 138 valence electrons. The molecule has 3 aliphatic rings. The molecule has 0 atom stereocenters. The van der Waals surface area contributed by atoms with Crippen molar-refractivity contribution < 1.29 is 13.2 Å². The zero-order chi connectivity index (χ0) is 16.9. The Morgan fingerprint density at radius 2 is 1.96 bits per heavy atom. The molecular weight excluding hydrogens is 368 g/mol. The summed E-state index contributed by atoms with van der Waals surface area (Å²) >= 11 is 0. The summed E-state index contributed by atoms with van der Waals surface area (Å²) in [6.07, 6.45) is 5.44. The number of aromatic nitrogens is 2. The zero-order valence-electron chi connectivity index (χ0n) is 13.6. The summed E-state index contributed by atoms with van der Waals surface area (Å²) in [5.74, 6) is 1.41. The van der Waals surface area contributed by atoms with Gasteiger partial charge in [-0.2, -0.15) is 13.1 Å². The van der Waals surface area contributed by atoms with Crippen molar-refractivity contribution in [3.63, 3.8) is 0 Å². The maximum Gasteiger partial charge on any atom is 0.274 e. The van der Waals surface area contributed by atoms with Gasteiger partial charge in [0.1, 0.15) is 18.0 Å². The molecule has 1 spiro atoms. The molecular formula is C14H21ClN6O3S. The van der Waals surface area contributed by atoms with E-state index in [1.165, 1.54) is 6.33 Å². The predicted octanol–water partition coefficient (Wildman–Crippen LogP) is -0.0649. The van der Waals surface area contributed by atoms with Crippen LogP contribution in [-0.4, -0.2) is 43.4 Å². The number of nitrogens with zero attached hydrogens (tertiary/aromatic N) is 3. The van der Waals surface area contributed by atoms with E-state index in [1.54, 1.807) is 0 Å². The predicted molar refractivity (Wildman–Crippen MR) is 94.8 cm³/mol. The van der Waals surface area contributed by atoms with Gasteiger partial charge >= 0.3 is 0 Å². The van der Waals surface area contributed by atoms with E-state index < -0.39 is 10.2 Å². The molecule has 25 heavy (non-hydrogen) atoms. The molecule has 1 aromatic heterocycles. The van der Waals surface area contributed by atoms with E-state index in [4.69, 9.17) is 5.14 Å². The van der Waals surface area contributed by atoms with Crippen LogP contribution in [0.1, 0.15) is 31.2 Å².